The summed E-state index contributed by atoms with van der Waals surface area (Å²) < 4.78 is 37.6. The summed E-state index contributed by atoms with van der Waals surface area (Å²) in [5.74, 6) is 0.654. The highest BCUT2D eigenvalue weighted by Crippen LogP contribution is 2.29. The highest BCUT2D eigenvalue weighted by atomic mass is 127. The average molecular weight is 470 g/mol. The van der Waals surface area contributed by atoms with Crippen LogP contribution in [-0.4, -0.2) is 43.6 Å². The quantitative estimate of drug-likeness (QED) is 0.364. The van der Waals surface area contributed by atoms with E-state index in [0.717, 1.165) is 43.4 Å². The Morgan fingerprint density at radius 3 is 2.32 bits per heavy atom. The van der Waals surface area contributed by atoms with E-state index in [1.165, 1.54) is 25.0 Å². The van der Waals surface area contributed by atoms with Gasteiger partial charge in [0.15, 0.2) is 5.96 Å². The largest absolute Gasteiger partial charge is 0.416 e. The fourth-order valence-corrected chi connectivity index (χ4v) is 2.57. The Bertz CT molecular complexity index is 542. The molecule has 1 aromatic rings. The molecule has 1 aromatic carbocycles. The average Bonchev–Trinajstić information content (AvgIpc) is 3.39. The number of likely N-dealkylation sites (N-methyl/N-ethyl adjacent to an activating group) is 1. The second-order valence-electron chi connectivity index (χ2n) is 5.91. The van der Waals surface area contributed by atoms with Gasteiger partial charge >= 0.3 is 6.18 Å². The van der Waals surface area contributed by atoms with Crippen molar-refractivity contribution in [2.45, 2.75) is 38.5 Å². The van der Waals surface area contributed by atoms with Crippen LogP contribution in [0.5, 0.6) is 0 Å². The molecule has 0 heterocycles. The summed E-state index contributed by atoms with van der Waals surface area (Å²) in [4.78, 5) is 6.58. The first-order valence-corrected chi connectivity index (χ1v) is 8.28. The maximum atomic E-state index is 12.5. The van der Waals surface area contributed by atoms with Crippen molar-refractivity contribution in [2.75, 3.05) is 26.7 Å². The summed E-state index contributed by atoms with van der Waals surface area (Å²) in [5.41, 5.74) is 0.146. The van der Waals surface area contributed by atoms with E-state index in [0.29, 0.717) is 12.5 Å². The third-order valence-electron chi connectivity index (χ3n) is 4.13. The Hall–Kier alpha value is -1.03. The Balaban J connectivity index is 0.00000312. The van der Waals surface area contributed by atoms with Crippen LogP contribution in [0.3, 0.4) is 0 Å². The smallest absolute Gasteiger partial charge is 0.355 e. The van der Waals surface area contributed by atoms with E-state index in [9.17, 15) is 13.2 Å². The van der Waals surface area contributed by atoms with Gasteiger partial charge in [0.1, 0.15) is 0 Å². The zero-order chi connectivity index (χ0) is 17.6. The van der Waals surface area contributed by atoms with Crippen molar-refractivity contribution in [1.82, 2.24) is 15.5 Å². The molecular formula is C17H26F3IN4. The van der Waals surface area contributed by atoms with Crippen LogP contribution in [0.2, 0.25) is 0 Å². The molecule has 0 radical (unpaired) electrons. The number of guanidine groups is 1. The molecule has 8 heteroatoms. The molecule has 0 bridgehead atoms. The van der Waals surface area contributed by atoms with Gasteiger partial charge in [-0.15, -0.1) is 24.0 Å². The predicted molar refractivity (Wildman–Crippen MR) is 105 cm³/mol. The van der Waals surface area contributed by atoms with E-state index in [1.807, 2.05) is 0 Å². The van der Waals surface area contributed by atoms with Crippen LogP contribution < -0.4 is 10.6 Å². The van der Waals surface area contributed by atoms with Crippen LogP contribution in [0.1, 0.15) is 30.9 Å². The molecule has 1 fully saturated rings. The van der Waals surface area contributed by atoms with Crippen molar-refractivity contribution >= 4 is 29.9 Å². The van der Waals surface area contributed by atoms with E-state index in [4.69, 9.17) is 0 Å². The molecule has 1 aliphatic rings. The van der Waals surface area contributed by atoms with E-state index in [-0.39, 0.29) is 24.0 Å². The lowest BCUT2D eigenvalue weighted by atomic mass is 10.1. The van der Waals surface area contributed by atoms with Crippen molar-refractivity contribution in [3.8, 4) is 0 Å². The topological polar surface area (TPSA) is 39.7 Å². The van der Waals surface area contributed by atoms with Crippen molar-refractivity contribution in [3.05, 3.63) is 35.4 Å². The number of alkyl halides is 3. The van der Waals surface area contributed by atoms with Crippen molar-refractivity contribution in [1.29, 1.82) is 0 Å². The lowest BCUT2D eigenvalue weighted by Crippen LogP contribution is -2.41. The van der Waals surface area contributed by atoms with Crippen LogP contribution in [-0.2, 0) is 12.7 Å². The summed E-state index contributed by atoms with van der Waals surface area (Å²) in [7, 11) is 1.68. The molecule has 0 saturated heterocycles. The molecular weight excluding hydrogens is 444 g/mol. The number of nitrogens with one attached hydrogen (secondary N) is 2. The Kier molecular flexibility index (Phi) is 8.98. The van der Waals surface area contributed by atoms with Crippen LogP contribution >= 0.6 is 24.0 Å². The Morgan fingerprint density at radius 2 is 1.84 bits per heavy atom. The maximum Gasteiger partial charge on any atom is 0.416 e. The van der Waals surface area contributed by atoms with Crippen LogP contribution in [0.15, 0.2) is 29.3 Å². The minimum atomic E-state index is -4.30. The van der Waals surface area contributed by atoms with E-state index in [2.05, 4.69) is 27.4 Å². The van der Waals surface area contributed by atoms with Crippen molar-refractivity contribution in [3.63, 3.8) is 0 Å². The van der Waals surface area contributed by atoms with E-state index in [1.54, 1.807) is 7.05 Å². The van der Waals surface area contributed by atoms with E-state index < -0.39 is 11.7 Å². The maximum absolute atomic E-state index is 12.5. The number of benzene rings is 1. The molecule has 2 rings (SSSR count). The van der Waals surface area contributed by atoms with Gasteiger partial charge in [-0.2, -0.15) is 13.2 Å². The van der Waals surface area contributed by atoms with Gasteiger partial charge in [-0.25, -0.2) is 0 Å². The lowest BCUT2D eigenvalue weighted by molar-refractivity contribution is -0.137. The zero-order valence-electron chi connectivity index (χ0n) is 14.6. The number of rotatable bonds is 7. The van der Waals surface area contributed by atoms with E-state index >= 15 is 0 Å². The lowest BCUT2D eigenvalue weighted by Gasteiger charge is -2.20. The summed E-state index contributed by atoms with van der Waals surface area (Å²) in [5, 5.41) is 6.36. The predicted octanol–water partition coefficient (Wildman–Crippen LogP) is 3.47. The second kappa shape index (κ2) is 10.2. The first-order chi connectivity index (χ1) is 11.4. The Morgan fingerprint density at radius 1 is 1.20 bits per heavy atom. The summed E-state index contributed by atoms with van der Waals surface area (Å²) in [6.07, 6.45) is -1.72. The van der Waals surface area contributed by atoms with Gasteiger partial charge in [0.25, 0.3) is 0 Å². The molecule has 0 unspecified atom stereocenters. The first-order valence-electron chi connectivity index (χ1n) is 8.28. The molecule has 0 aliphatic heterocycles. The third kappa shape index (κ3) is 7.39. The highest BCUT2D eigenvalue weighted by Gasteiger charge is 2.30. The van der Waals surface area contributed by atoms with Gasteiger partial charge in [0, 0.05) is 32.7 Å². The fourth-order valence-electron chi connectivity index (χ4n) is 2.57. The normalized spacial score (nSPS) is 15.0. The summed E-state index contributed by atoms with van der Waals surface area (Å²) >= 11 is 0. The SMILES string of the molecule is CCN(CCNC(=NC)NCc1ccc(C(F)(F)F)cc1)C1CC1.I. The van der Waals surface area contributed by atoms with Crippen molar-refractivity contribution < 1.29 is 13.2 Å². The molecule has 1 aliphatic carbocycles. The monoisotopic (exact) mass is 470 g/mol. The fraction of sp³-hybridized carbons (Fsp3) is 0.588. The molecule has 25 heavy (non-hydrogen) atoms. The third-order valence-corrected chi connectivity index (χ3v) is 4.13. The zero-order valence-corrected chi connectivity index (χ0v) is 16.9. The standard InChI is InChI=1S/C17H25F3N4.HI/c1-3-24(15-8-9-15)11-10-22-16(21-2)23-12-13-4-6-14(7-5-13)17(18,19)20;/h4-7,15H,3,8-12H2,1-2H3,(H2,21,22,23);1H. The number of halogens is 4. The molecule has 4 nitrogen and oxygen atoms in total. The van der Waals surface area contributed by atoms with Gasteiger partial charge in [-0.3, -0.25) is 9.89 Å². The van der Waals surface area contributed by atoms with Gasteiger partial charge in [0.2, 0.25) is 0 Å². The molecule has 2 N–H and O–H groups in total. The second-order valence-corrected chi connectivity index (χ2v) is 5.91. The number of nitrogens with zero attached hydrogens (tertiary/aromatic N) is 2. The number of hydrogen-bond donors (Lipinski definition) is 2. The first kappa shape index (κ1) is 22.0. The van der Waals surface area contributed by atoms with Gasteiger partial charge in [-0.05, 0) is 37.1 Å². The summed E-state index contributed by atoms with van der Waals surface area (Å²) in [6, 6.07) is 5.90. The van der Waals surface area contributed by atoms with Gasteiger partial charge in [0.05, 0.1) is 5.56 Å². The molecule has 0 spiro atoms. The van der Waals surface area contributed by atoms with Crippen molar-refractivity contribution in [2.24, 2.45) is 4.99 Å². The highest BCUT2D eigenvalue weighted by molar-refractivity contribution is 14.0. The summed E-state index contributed by atoms with van der Waals surface area (Å²) in [6.45, 7) is 5.39. The molecule has 0 amide bonds. The molecule has 0 aromatic heterocycles. The van der Waals surface area contributed by atoms with Gasteiger partial charge in [-0.1, -0.05) is 19.1 Å². The molecule has 0 atom stereocenters. The van der Waals surface area contributed by atoms with Gasteiger partial charge < -0.3 is 10.6 Å². The number of hydrogen-bond acceptors (Lipinski definition) is 2. The Labute approximate surface area is 164 Å². The minimum absolute atomic E-state index is 0. The van der Waals surface area contributed by atoms with Crippen LogP contribution in [0.4, 0.5) is 13.2 Å². The number of aliphatic imine (C=N–C) groups is 1. The molecule has 142 valence electrons. The van der Waals surface area contributed by atoms with Crippen LogP contribution in [0.25, 0.3) is 0 Å². The molecule has 1 saturated carbocycles. The minimum Gasteiger partial charge on any atom is -0.355 e. The van der Waals surface area contributed by atoms with Crippen LogP contribution in [0, 0.1) is 0 Å².